The summed E-state index contributed by atoms with van der Waals surface area (Å²) < 4.78 is 11.3. The molecule has 0 aromatic carbocycles. The van der Waals surface area contributed by atoms with Crippen molar-refractivity contribution in [3.8, 4) is 0 Å². The van der Waals surface area contributed by atoms with Gasteiger partial charge in [0, 0.05) is 6.42 Å². The van der Waals surface area contributed by atoms with Crippen molar-refractivity contribution in [2.45, 2.75) is 429 Å². The van der Waals surface area contributed by atoms with E-state index in [9.17, 15) is 30.3 Å². The number of rotatable bonds is 66. The fourth-order valence-corrected chi connectivity index (χ4v) is 12.2. The molecule has 0 saturated carbocycles. The van der Waals surface area contributed by atoms with Crippen molar-refractivity contribution in [2.24, 2.45) is 0 Å². The van der Waals surface area contributed by atoms with Gasteiger partial charge in [-0.15, -0.1) is 0 Å². The SMILES string of the molecule is CCCCCCCCCC/C=C\CCCCCCCCCCCCCCCCCCCCCCCCCC(=O)NC(COC1OC(CO)C(O)C(O)C1O)C(O)/C=C/CCCCCCCCCCCCCCCCCCCCCCCCC. The summed E-state index contributed by atoms with van der Waals surface area (Å²) in [6.07, 6.45) is 77.3. The molecule has 7 unspecified atom stereocenters. The van der Waals surface area contributed by atoms with Crippen molar-refractivity contribution < 1.29 is 39.8 Å². The first-order chi connectivity index (χ1) is 40.8. The Hall–Kier alpha value is -1.33. The summed E-state index contributed by atoms with van der Waals surface area (Å²) in [7, 11) is 0. The van der Waals surface area contributed by atoms with Gasteiger partial charge in [-0.25, -0.2) is 0 Å². The number of nitrogens with one attached hydrogen (secondary N) is 1. The van der Waals surface area contributed by atoms with Gasteiger partial charge in [-0.1, -0.05) is 359 Å². The zero-order valence-corrected chi connectivity index (χ0v) is 55.2. The summed E-state index contributed by atoms with van der Waals surface area (Å²) in [5.41, 5.74) is 0. The van der Waals surface area contributed by atoms with Gasteiger partial charge in [0.1, 0.15) is 24.4 Å². The van der Waals surface area contributed by atoms with E-state index in [2.05, 4.69) is 31.3 Å². The molecule has 1 saturated heterocycles. The van der Waals surface area contributed by atoms with Crippen LogP contribution in [-0.4, -0.2) is 87.5 Å². The van der Waals surface area contributed by atoms with Gasteiger partial charge in [-0.05, 0) is 44.9 Å². The topological polar surface area (TPSA) is 149 Å². The summed E-state index contributed by atoms with van der Waals surface area (Å²) in [5, 5.41) is 54.8. The third kappa shape index (κ3) is 52.3. The van der Waals surface area contributed by atoms with E-state index in [0.717, 1.165) is 38.5 Å². The number of carbonyl (C=O) groups is 1. The van der Waals surface area contributed by atoms with Crippen molar-refractivity contribution in [1.29, 1.82) is 0 Å². The molecule has 0 bridgehead atoms. The van der Waals surface area contributed by atoms with Crippen LogP contribution in [-0.2, 0) is 14.3 Å². The van der Waals surface area contributed by atoms with Gasteiger partial charge in [0.05, 0.1) is 25.4 Å². The second-order valence-electron chi connectivity index (χ2n) is 26.1. The minimum Gasteiger partial charge on any atom is -0.394 e. The highest BCUT2D eigenvalue weighted by atomic mass is 16.7. The van der Waals surface area contributed by atoms with Crippen LogP contribution in [0, 0.1) is 0 Å². The van der Waals surface area contributed by atoms with Crippen molar-refractivity contribution in [3.63, 3.8) is 0 Å². The minimum atomic E-state index is -1.57. The molecular formula is C74H143NO8. The molecule has 9 heteroatoms. The normalized spacial score (nSPS) is 18.3. The molecule has 1 fully saturated rings. The molecule has 0 aromatic heterocycles. The summed E-state index contributed by atoms with van der Waals surface area (Å²) in [6, 6.07) is -0.803. The van der Waals surface area contributed by atoms with Crippen LogP contribution >= 0.6 is 0 Å². The van der Waals surface area contributed by atoms with E-state index in [1.165, 1.54) is 327 Å². The smallest absolute Gasteiger partial charge is 0.220 e. The molecule has 0 aromatic rings. The standard InChI is InChI=1S/C74H143NO8/c1-3-5-7-9-11-13-15-17-19-21-23-25-27-29-30-31-32-33-34-35-36-37-38-40-42-44-46-48-50-52-54-56-58-60-62-64-70(78)75-67(66-82-74-73(81)72(80)71(79)69(65-76)83-74)68(77)63-61-59-57-55-53-51-49-47-45-43-41-39-28-26-24-22-20-18-16-14-12-10-8-6-4-2/h21,23,61,63,67-69,71-74,76-77,79-81H,3-20,22,24-60,62,64-66H2,1-2H3,(H,75,78)/b23-21-,63-61+. The van der Waals surface area contributed by atoms with E-state index < -0.39 is 49.5 Å². The average molecular weight is 1170 g/mol. The quantitative estimate of drug-likeness (QED) is 0.0261. The zero-order chi connectivity index (χ0) is 60.0. The molecule has 1 aliphatic heterocycles. The van der Waals surface area contributed by atoms with E-state index in [1.54, 1.807) is 6.08 Å². The molecule has 6 N–H and O–H groups in total. The fourth-order valence-electron chi connectivity index (χ4n) is 12.2. The van der Waals surface area contributed by atoms with Gasteiger partial charge in [-0.2, -0.15) is 0 Å². The van der Waals surface area contributed by atoms with Gasteiger partial charge in [-0.3, -0.25) is 4.79 Å². The van der Waals surface area contributed by atoms with Crippen LogP contribution in [0.3, 0.4) is 0 Å². The van der Waals surface area contributed by atoms with Crippen LogP contribution in [0.15, 0.2) is 24.3 Å². The van der Waals surface area contributed by atoms with Gasteiger partial charge < -0.3 is 40.3 Å². The van der Waals surface area contributed by atoms with Crippen molar-refractivity contribution >= 4 is 5.91 Å². The molecule has 0 radical (unpaired) electrons. The molecule has 492 valence electrons. The second-order valence-corrected chi connectivity index (χ2v) is 26.1. The number of aliphatic hydroxyl groups is 5. The number of aliphatic hydroxyl groups excluding tert-OH is 5. The number of hydrogen-bond acceptors (Lipinski definition) is 8. The van der Waals surface area contributed by atoms with Crippen LogP contribution in [0.5, 0.6) is 0 Å². The molecule has 7 atom stereocenters. The lowest BCUT2D eigenvalue weighted by Crippen LogP contribution is -2.60. The lowest BCUT2D eigenvalue weighted by molar-refractivity contribution is -0.302. The Kier molecular flexibility index (Phi) is 61.1. The Morgan fingerprint density at radius 1 is 0.398 bits per heavy atom. The van der Waals surface area contributed by atoms with E-state index in [0.29, 0.717) is 6.42 Å². The van der Waals surface area contributed by atoms with Crippen LogP contribution in [0.1, 0.15) is 386 Å². The predicted octanol–water partition coefficient (Wildman–Crippen LogP) is 20.4. The van der Waals surface area contributed by atoms with Crippen molar-refractivity contribution in [3.05, 3.63) is 24.3 Å². The van der Waals surface area contributed by atoms with Gasteiger partial charge >= 0.3 is 0 Å². The van der Waals surface area contributed by atoms with E-state index in [-0.39, 0.29) is 12.5 Å². The van der Waals surface area contributed by atoms with Gasteiger partial charge in [0.2, 0.25) is 5.91 Å². The molecule has 83 heavy (non-hydrogen) atoms. The van der Waals surface area contributed by atoms with Gasteiger partial charge in [0.25, 0.3) is 0 Å². The number of ether oxygens (including phenoxy) is 2. The first-order valence-corrected chi connectivity index (χ1v) is 37.1. The molecule has 1 heterocycles. The monoisotopic (exact) mass is 1170 g/mol. The molecule has 1 aliphatic rings. The lowest BCUT2D eigenvalue weighted by atomic mass is 9.99. The van der Waals surface area contributed by atoms with Crippen LogP contribution in [0.4, 0.5) is 0 Å². The third-order valence-electron chi connectivity index (χ3n) is 18.0. The first-order valence-electron chi connectivity index (χ1n) is 37.1. The van der Waals surface area contributed by atoms with Crippen LogP contribution < -0.4 is 5.32 Å². The Morgan fingerprint density at radius 2 is 0.675 bits per heavy atom. The summed E-state index contributed by atoms with van der Waals surface area (Å²) >= 11 is 0. The average Bonchev–Trinajstić information content (AvgIpc) is 3.60. The second kappa shape index (κ2) is 63.7. The predicted molar refractivity (Wildman–Crippen MR) is 355 cm³/mol. The Balaban J connectivity index is 2.08. The minimum absolute atomic E-state index is 0.167. The summed E-state index contributed by atoms with van der Waals surface area (Å²) in [6.45, 7) is 3.84. The number of hydrogen-bond donors (Lipinski definition) is 6. The molecule has 9 nitrogen and oxygen atoms in total. The number of allylic oxidation sites excluding steroid dienone is 3. The highest BCUT2D eigenvalue weighted by Crippen LogP contribution is 2.24. The molecule has 0 spiro atoms. The number of unbranched alkanes of at least 4 members (excludes halogenated alkanes) is 54. The summed E-state index contributed by atoms with van der Waals surface area (Å²) in [5.74, 6) is -0.167. The maximum Gasteiger partial charge on any atom is 0.220 e. The van der Waals surface area contributed by atoms with Gasteiger partial charge in [0.15, 0.2) is 6.29 Å². The first kappa shape index (κ1) is 79.7. The van der Waals surface area contributed by atoms with E-state index >= 15 is 0 Å². The van der Waals surface area contributed by atoms with Crippen LogP contribution in [0.2, 0.25) is 0 Å². The maximum absolute atomic E-state index is 13.1. The molecule has 1 rings (SSSR count). The highest BCUT2D eigenvalue weighted by Gasteiger charge is 2.44. The van der Waals surface area contributed by atoms with Crippen molar-refractivity contribution in [1.82, 2.24) is 5.32 Å². The fraction of sp³-hybridized carbons (Fsp3) is 0.932. The summed E-state index contributed by atoms with van der Waals surface area (Å²) in [4.78, 5) is 13.1. The zero-order valence-electron chi connectivity index (χ0n) is 55.2. The molecule has 0 aliphatic carbocycles. The highest BCUT2D eigenvalue weighted by molar-refractivity contribution is 5.76. The largest absolute Gasteiger partial charge is 0.394 e. The molecule has 1 amide bonds. The lowest BCUT2D eigenvalue weighted by Gasteiger charge is -2.40. The molecular weight excluding hydrogens is 1030 g/mol. The Morgan fingerprint density at radius 3 is 0.976 bits per heavy atom. The Labute approximate surface area is 515 Å². The third-order valence-corrected chi connectivity index (χ3v) is 18.0. The maximum atomic E-state index is 13.1. The van der Waals surface area contributed by atoms with Crippen LogP contribution in [0.25, 0.3) is 0 Å². The Bertz CT molecular complexity index is 1360. The van der Waals surface area contributed by atoms with E-state index in [4.69, 9.17) is 9.47 Å². The number of amides is 1. The van der Waals surface area contributed by atoms with E-state index in [1.807, 2.05) is 6.08 Å². The van der Waals surface area contributed by atoms with Crippen molar-refractivity contribution in [2.75, 3.05) is 13.2 Å². The number of carbonyl (C=O) groups excluding carboxylic acids is 1.